The Kier molecular flexibility index (Phi) is 2.97. The van der Waals surface area contributed by atoms with Gasteiger partial charge in [0.1, 0.15) is 10.8 Å². The van der Waals surface area contributed by atoms with E-state index in [0.29, 0.717) is 10.8 Å². The van der Waals surface area contributed by atoms with Crippen molar-refractivity contribution in [3.05, 3.63) is 59.9 Å². The van der Waals surface area contributed by atoms with Gasteiger partial charge < -0.3 is 0 Å². The molecule has 0 fully saturated rings. The van der Waals surface area contributed by atoms with Gasteiger partial charge in [0.25, 0.3) is 0 Å². The van der Waals surface area contributed by atoms with Crippen LogP contribution in [0.4, 0.5) is 4.39 Å². The number of hydrogen-bond donors (Lipinski definition) is 0. The lowest BCUT2D eigenvalue weighted by Crippen LogP contribution is -1.93. The van der Waals surface area contributed by atoms with Gasteiger partial charge in [-0.2, -0.15) is 9.61 Å². The number of nitrogens with zero attached hydrogens (tertiary/aromatic N) is 4. The molecule has 0 saturated heterocycles. The first kappa shape index (κ1) is 13.1. The summed E-state index contributed by atoms with van der Waals surface area (Å²) in [5, 5.41) is 13.7. The van der Waals surface area contributed by atoms with Crippen LogP contribution in [0.5, 0.6) is 0 Å². The second-order valence-corrected chi connectivity index (χ2v) is 5.91. The molecular weight excluding hydrogens is 299 g/mol. The Morgan fingerprint density at radius 3 is 2.73 bits per heavy atom. The molecule has 6 heteroatoms. The van der Waals surface area contributed by atoms with E-state index in [0.717, 1.165) is 21.7 Å². The zero-order valence-electron chi connectivity index (χ0n) is 11.7. The van der Waals surface area contributed by atoms with Crippen LogP contribution in [0.15, 0.2) is 48.5 Å². The van der Waals surface area contributed by atoms with Crippen LogP contribution in [0.3, 0.4) is 0 Å². The molecule has 0 saturated carbocycles. The maximum Gasteiger partial charge on any atom is 0.235 e. The predicted molar refractivity (Wildman–Crippen MR) is 84.2 cm³/mol. The monoisotopic (exact) mass is 310 g/mol. The molecule has 4 nitrogen and oxygen atoms in total. The van der Waals surface area contributed by atoms with E-state index in [-0.39, 0.29) is 5.82 Å². The van der Waals surface area contributed by atoms with Crippen molar-refractivity contribution in [2.24, 2.45) is 0 Å². The highest BCUT2D eigenvalue weighted by Crippen LogP contribution is 2.29. The SMILES string of the molecule is Cc1ccccc1-c1nnc2sc(-c3cccc(F)c3)nn12. The summed E-state index contributed by atoms with van der Waals surface area (Å²) in [7, 11) is 0. The number of benzene rings is 2. The molecule has 108 valence electrons. The molecule has 2 aromatic carbocycles. The van der Waals surface area contributed by atoms with Gasteiger partial charge in [-0.15, -0.1) is 10.2 Å². The van der Waals surface area contributed by atoms with Crippen molar-refractivity contribution >= 4 is 16.3 Å². The van der Waals surface area contributed by atoms with Gasteiger partial charge in [-0.3, -0.25) is 0 Å². The minimum Gasteiger partial charge on any atom is -0.207 e. The maximum atomic E-state index is 13.4. The molecule has 0 amide bonds. The van der Waals surface area contributed by atoms with Crippen molar-refractivity contribution in [3.8, 4) is 22.0 Å². The fourth-order valence-electron chi connectivity index (χ4n) is 2.35. The summed E-state index contributed by atoms with van der Waals surface area (Å²) >= 11 is 1.39. The molecule has 0 atom stereocenters. The summed E-state index contributed by atoms with van der Waals surface area (Å²) in [4.78, 5) is 0.692. The molecule has 4 aromatic rings. The Balaban J connectivity index is 1.88. The normalized spacial score (nSPS) is 11.2. The Labute approximate surface area is 129 Å². The number of rotatable bonds is 2. The fraction of sp³-hybridized carbons (Fsp3) is 0.0625. The van der Waals surface area contributed by atoms with Crippen LogP contribution < -0.4 is 0 Å². The van der Waals surface area contributed by atoms with Crippen molar-refractivity contribution < 1.29 is 4.39 Å². The van der Waals surface area contributed by atoms with Gasteiger partial charge in [-0.05, 0) is 24.6 Å². The molecular formula is C16H11FN4S. The Bertz CT molecular complexity index is 973. The van der Waals surface area contributed by atoms with Crippen molar-refractivity contribution in [1.29, 1.82) is 0 Å². The first-order chi connectivity index (χ1) is 10.7. The minimum atomic E-state index is -0.275. The van der Waals surface area contributed by atoms with E-state index in [1.165, 1.54) is 23.5 Å². The molecule has 0 N–H and O–H groups in total. The van der Waals surface area contributed by atoms with Gasteiger partial charge in [0, 0.05) is 11.1 Å². The second-order valence-electron chi connectivity index (χ2n) is 4.95. The number of aryl methyl sites for hydroxylation is 1. The van der Waals surface area contributed by atoms with Crippen molar-refractivity contribution in [3.63, 3.8) is 0 Å². The number of fused-ring (bicyclic) bond motifs is 1. The third kappa shape index (κ3) is 2.08. The summed E-state index contributed by atoms with van der Waals surface area (Å²) in [6.45, 7) is 2.02. The van der Waals surface area contributed by atoms with E-state index >= 15 is 0 Å². The van der Waals surface area contributed by atoms with E-state index < -0.39 is 0 Å². The van der Waals surface area contributed by atoms with E-state index in [1.54, 1.807) is 10.6 Å². The largest absolute Gasteiger partial charge is 0.235 e. The lowest BCUT2D eigenvalue weighted by Gasteiger charge is -2.01. The second kappa shape index (κ2) is 4.99. The zero-order valence-corrected chi connectivity index (χ0v) is 12.5. The molecule has 4 rings (SSSR count). The lowest BCUT2D eigenvalue weighted by atomic mass is 10.1. The predicted octanol–water partition coefficient (Wildman–Crippen LogP) is 3.97. The smallest absolute Gasteiger partial charge is 0.207 e. The number of halogens is 1. The molecule has 0 unspecified atom stereocenters. The maximum absolute atomic E-state index is 13.4. The highest BCUT2D eigenvalue weighted by Gasteiger charge is 2.15. The van der Waals surface area contributed by atoms with E-state index in [2.05, 4.69) is 15.3 Å². The molecule has 2 heterocycles. The van der Waals surface area contributed by atoms with Gasteiger partial charge >= 0.3 is 0 Å². The van der Waals surface area contributed by atoms with Crippen LogP contribution in [0.1, 0.15) is 5.56 Å². The fourth-order valence-corrected chi connectivity index (χ4v) is 3.18. The Hall–Kier alpha value is -2.60. The highest BCUT2D eigenvalue weighted by molar-refractivity contribution is 7.19. The Morgan fingerprint density at radius 1 is 1.05 bits per heavy atom. The first-order valence-corrected chi connectivity index (χ1v) is 7.58. The number of hydrogen-bond acceptors (Lipinski definition) is 4. The van der Waals surface area contributed by atoms with Crippen LogP contribution >= 0.6 is 11.3 Å². The molecule has 0 aliphatic carbocycles. The van der Waals surface area contributed by atoms with Crippen LogP contribution in [-0.2, 0) is 0 Å². The summed E-state index contributed by atoms with van der Waals surface area (Å²) in [5.41, 5.74) is 2.84. The first-order valence-electron chi connectivity index (χ1n) is 6.76. The molecule has 22 heavy (non-hydrogen) atoms. The van der Waals surface area contributed by atoms with Crippen LogP contribution in [0.2, 0.25) is 0 Å². The molecule has 0 radical (unpaired) electrons. The summed E-state index contributed by atoms with van der Waals surface area (Å²) in [6, 6.07) is 14.4. The van der Waals surface area contributed by atoms with Gasteiger partial charge in [0.05, 0.1) is 0 Å². The summed E-state index contributed by atoms with van der Waals surface area (Å²) < 4.78 is 15.1. The van der Waals surface area contributed by atoms with Crippen molar-refractivity contribution in [2.75, 3.05) is 0 Å². The number of aromatic nitrogens is 4. The third-order valence-corrected chi connectivity index (χ3v) is 4.40. The molecule has 0 aliphatic heterocycles. The van der Waals surface area contributed by atoms with E-state index in [9.17, 15) is 4.39 Å². The summed E-state index contributed by atoms with van der Waals surface area (Å²) in [6.07, 6.45) is 0. The topological polar surface area (TPSA) is 43.1 Å². The summed E-state index contributed by atoms with van der Waals surface area (Å²) in [5.74, 6) is 0.426. The molecule has 0 aliphatic rings. The van der Waals surface area contributed by atoms with E-state index in [1.807, 2.05) is 37.3 Å². The van der Waals surface area contributed by atoms with Crippen LogP contribution in [0, 0.1) is 12.7 Å². The average molecular weight is 310 g/mol. The standard InChI is InChI=1S/C16H11FN4S/c1-10-5-2-3-8-13(10)14-18-19-16-21(14)20-15(22-16)11-6-4-7-12(17)9-11/h2-9H,1H3. The van der Waals surface area contributed by atoms with Gasteiger partial charge in [0.15, 0.2) is 5.82 Å². The van der Waals surface area contributed by atoms with Crippen LogP contribution in [0.25, 0.3) is 26.9 Å². The van der Waals surface area contributed by atoms with Gasteiger partial charge in [-0.1, -0.05) is 47.7 Å². The average Bonchev–Trinajstić information content (AvgIpc) is 3.08. The van der Waals surface area contributed by atoms with Crippen molar-refractivity contribution in [1.82, 2.24) is 19.8 Å². The zero-order chi connectivity index (χ0) is 15.1. The minimum absolute atomic E-state index is 0.275. The van der Waals surface area contributed by atoms with Crippen molar-refractivity contribution in [2.45, 2.75) is 6.92 Å². The lowest BCUT2D eigenvalue weighted by molar-refractivity contribution is 0.628. The quantitative estimate of drug-likeness (QED) is 0.563. The highest BCUT2D eigenvalue weighted by atomic mass is 32.1. The van der Waals surface area contributed by atoms with Crippen LogP contribution in [-0.4, -0.2) is 19.8 Å². The molecule has 2 aromatic heterocycles. The van der Waals surface area contributed by atoms with E-state index in [4.69, 9.17) is 0 Å². The molecule has 0 spiro atoms. The Morgan fingerprint density at radius 2 is 1.91 bits per heavy atom. The molecule has 0 bridgehead atoms. The third-order valence-electron chi connectivity index (χ3n) is 3.45. The van der Waals surface area contributed by atoms with Gasteiger partial charge in [0.2, 0.25) is 4.96 Å². The van der Waals surface area contributed by atoms with Gasteiger partial charge in [-0.25, -0.2) is 4.39 Å².